The van der Waals surface area contributed by atoms with Crippen LogP contribution in [0.3, 0.4) is 0 Å². The van der Waals surface area contributed by atoms with Crippen molar-refractivity contribution < 1.29 is 28.6 Å². The van der Waals surface area contributed by atoms with Gasteiger partial charge >= 0.3 is 17.9 Å². The van der Waals surface area contributed by atoms with Gasteiger partial charge in [-0.15, -0.1) is 0 Å². The summed E-state index contributed by atoms with van der Waals surface area (Å²) in [5.74, 6) is -0.937. The zero-order chi connectivity index (χ0) is 47.9. The maximum atomic E-state index is 12.8. The molecule has 0 aliphatic carbocycles. The fraction of sp³-hybridized carbons (Fsp3) is 0.783. The van der Waals surface area contributed by atoms with Crippen molar-refractivity contribution in [1.29, 1.82) is 0 Å². The first-order chi connectivity index (χ1) is 32.5. The normalized spacial score (nSPS) is 12.5. The largest absolute Gasteiger partial charge is 0.462 e. The Morgan fingerprint density at radius 3 is 0.924 bits per heavy atom. The number of allylic oxidation sites excluding steroid dienone is 10. The van der Waals surface area contributed by atoms with Gasteiger partial charge in [0.05, 0.1) is 0 Å². The Balaban J connectivity index is 4.38. The maximum absolute atomic E-state index is 12.8. The molecule has 0 aromatic carbocycles. The molecule has 0 saturated carbocycles. The van der Waals surface area contributed by atoms with E-state index in [4.69, 9.17) is 14.2 Å². The van der Waals surface area contributed by atoms with Gasteiger partial charge in [-0.25, -0.2) is 0 Å². The van der Waals surface area contributed by atoms with Gasteiger partial charge in [-0.05, 0) is 57.8 Å². The van der Waals surface area contributed by atoms with Crippen molar-refractivity contribution in [2.24, 2.45) is 0 Å². The fourth-order valence-corrected chi connectivity index (χ4v) is 8.07. The summed E-state index contributed by atoms with van der Waals surface area (Å²) in [5, 5.41) is 0. The van der Waals surface area contributed by atoms with Crippen LogP contribution in [0.2, 0.25) is 0 Å². The van der Waals surface area contributed by atoms with E-state index in [1.54, 1.807) is 0 Å². The number of unbranched alkanes of at least 4 members (excludes halogenated alkanes) is 30. The summed E-state index contributed by atoms with van der Waals surface area (Å²) in [6.45, 7) is 6.50. The second-order valence-electron chi connectivity index (χ2n) is 18.8. The summed E-state index contributed by atoms with van der Waals surface area (Å²) in [7, 11) is 0. The third kappa shape index (κ3) is 52.1. The highest BCUT2D eigenvalue weighted by molar-refractivity contribution is 5.71. The molecule has 0 heterocycles. The average Bonchev–Trinajstić information content (AvgIpc) is 3.31. The third-order valence-corrected chi connectivity index (χ3v) is 12.3. The second-order valence-corrected chi connectivity index (χ2v) is 18.8. The monoisotopic (exact) mass is 923 g/mol. The summed E-state index contributed by atoms with van der Waals surface area (Å²) in [5.41, 5.74) is 0. The number of hydrogen-bond acceptors (Lipinski definition) is 6. The molecule has 0 aliphatic rings. The van der Waals surface area contributed by atoms with Crippen LogP contribution in [0.25, 0.3) is 0 Å². The highest BCUT2D eigenvalue weighted by atomic mass is 16.6. The van der Waals surface area contributed by atoms with E-state index in [1.165, 1.54) is 161 Å². The van der Waals surface area contributed by atoms with E-state index in [9.17, 15) is 14.4 Å². The molecule has 0 amide bonds. The summed E-state index contributed by atoms with van der Waals surface area (Å²) in [4.78, 5) is 38.1. The number of carbonyl (C=O) groups is 3. The molecule has 6 heteroatoms. The molecule has 0 radical (unpaired) electrons. The first-order valence-corrected chi connectivity index (χ1v) is 28.3. The van der Waals surface area contributed by atoms with Crippen molar-refractivity contribution in [3.8, 4) is 0 Å². The van der Waals surface area contributed by atoms with Crippen LogP contribution >= 0.6 is 0 Å². The summed E-state index contributed by atoms with van der Waals surface area (Å²) < 4.78 is 16.8. The minimum Gasteiger partial charge on any atom is -0.462 e. The number of hydrogen-bond donors (Lipinski definition) is 0. The molecule has 1 atom stereocenters. The minimum atomic E-state index is -0.793. The molecule has 0 rings (SSSR count). The molecule has 0 aromatic heterocycles. The van der Waals surface area contributed by atoms with Crippen molar-refractivity contribution in [2.75, 3.05) is 13.2 Å². The fourth-order valence-electron chi connectivity index (χ4n) is 8.07. The first-order valence-electron chi connectivity index (χ1n) is 28.3. The number of esters is 3. The Kier molecular flexibility index (Phi) is 52.3. The molecule has 0 fully saturated rings. The predicted molar refractivity (Wildman–Crippen MR) is 284 cm³/mol. The standard InChI is InChI=1S/C60H106O6/c1-4-7-10-13-16-19-22-25-27-29-30-32-34-36-39-41-44-47-50-53-59(62)65-56-57(66-60(63)54-51-48-45-42-37-24-21-18-15-12-9-6-3)55-64-58(61)52-49-46-43-40-38-35-33-31-28-26-23-20-17-14-11-8-5-2/h8,11,17,20,26,28,33,35,40,43,57H,4-7,9-10,12-16,18-19,21-25,27,29-32,34,36-39,41-42,44-56H2,1-3H3/b11-8-,20-17-,28-26-,35-33-,43-40-/t57-/m1/s1. The Labute approximate surface area is 409 Å². The van der Waals surface area contributed by atoms with Crippen LogP contribution in [-0.4, -0.2) is 37.2 Å². The van der Waals surface area contributed by atoms with Gasteiger partial charge in [0.2, 0.25) is 0 Å². The lowest BCUT2D eigenvalue weighted by Gasteiger charge is -2.18. The molecule has 0 spiro atoms. The molecule has 0 bridgehead atoms. The lowest BCUT2D eigenvalue weighted by Crippen LogP contribution is -2.30. The summed E-state index contributed by atoms with van der Waals surface area (Å²) in [6.07, 6.45) is 67.9. The number of carbonyl (C=O) groups excluding carboxylic acids is 3. The van der Waals surface area contributed by atoms with Gasteiger partial charge in [0.15, 0.2) is 6.10 Å². The van der Waals surface area contributed by atoms with Crippen molar-refractivity contribution in [3.05, 3.63) is 60.8 Å². The molecule has 0 unspecified atom stereocenters. The molecule has 382 valence electrons. The van der Waals surface area contributed by atoms with Crippen molar-refractivity contribution >= 4 is 17.9 Å². The van der Waals surface area contributed by atoms with E-state index < -0.39 is 6.10 Å². The van der Waals surface area contributed by atoms with Gasteiger partial charge in [0.1, 0.15) is 13.2 Å². The van der Waals surface area contributed by atoms with Crippen LogP contribution in [-0.2, 0) is 28.6 Å². The molecular weight excluding hydrogens is 817 g/mol. The lowest BCUT2D eigenvalue weighted by atomic mass is 10.0. The van der Waals surface area contributed by atoms with Crippen molar-refractivity contribution in [1.82, 2.24) is 0 Å². The number of ether oxygens (including phenoxy) is 3. The van der Waals surface area contributed by atoms with Crippen LogP contribution in [0.5, 0.6) is 0 Å². The van der Waals surface area contributed by atoms with E-state index in [1.807, 2.05) is 0 Å². The third-order valence-electron chi connectivity index (χ3n) is 12.3. The number of rotatable bonds is 51. The Bertz CT molecular complexity index is 1200. The van der Waals surface area contributed by atoms with Crippen molar-refractivity contribution in [3.63, 3.8) is 0 Å². The van der Waals surface area contributed by atoms with E-state index in [0.717, 1.165) is 77.0 Å². The van der Waals surface area contributed by atoms with Crippen LogP contribution < -0.4 is 0 Å². The van der Waals surface area contributed by atoms with Crippen LogP contribution in [0.4, 0.5) is 0 Å². The molecule has 0 N–H and O–H groups in total. The predicted octanol–water partition coefficient (Wildman–Crippen LogP) is 18.8. The topological polar surface area (TPSA) is 78.9 Å². The van der Waals surface area contributed by atoms with Crippen LogP contribution in [0, 0.1) is 0 Å². The second kappa shape index (κ2) is 54.7. The molecule has 0 aliphatic heterocycles. The van der Waals surface area contributed by atoms with Crippen LogP contribution in [0.15, 0.2) is 60.8 Å². The van der Waals surface area contributed by atoms with Crippen molar-refractivity contribution in [2.45, 2.75) is 290 Å². The first kappa shape index (κ1) is 63.1. The van der Waals surface area contributed by atoms with Gasteiger partial charge in [-0.1, -0.05) is 268 Å². The zero-order valence-electron chi connectivity index (χ0n) is 43.7. The Morgan fingerprint density at radius 1 is 0.318 bits per heavy atom. The summed E-state index contributed by atoms with van der Waals surface area (Å²) >= 11 is 0. The quantitative estimate of drug-likeness (QED) is 0.0262. The highest BCUT2D eigenvalue weighted by Gasteiger charge is 2.19. The van der Waals surface area contributed by atoms with E-state index in [-0.39, 0.29) is 37.5 Å². The SMILES string of the molecule is CC/C=C\C/C=C\C/C=C\C/C=C\C/C=C\CCCC(=O)OC[C@H](COC(=O)CCCCCCCCCCCCCCCCCCCCC)OC(=O)CCCCCCCCCCCCCC. The lowest BCUT2D eigenvalue weighted by molar-refractivity contribution is -0.167. The molecule has 0 aromatic rings. The molecule has 0 saturated heterocycles. The highest BCUT2D eigenvalue weighted by Crippen LogP contribution is 2.16. The van der Waals surface area contributed by atoms with Crippen LogP contribution in [0.1, 0.15) is 284 Å². The van der Waals surface area contributed by atoms with Gasteiger partial charge < -0.3 is 14.2 Å². The molecule has 66 heavy (non-hydrogen) atoms. The van der Waals surface area contributed by atoms with Gasteiger partial charge in [-0.3, -0.25) is 14.4 Å². The maximum Gasteiger partial charge on any atom is 0.306 e. The average molecular weight is 924 g/mol. The molecular formula is C60H106O6. The Hall–Kier alpha value is -2.89. The Morgan fingerprint density at radius 2 is 0.591 bits per heavy atom. The van der Waals surface area contributed by atoms with E-state index >= 15 is 0 Å². The van der Waals surface area contributed by atoms with E-state index in [0.29, 0.717) is 19.3 Å². The smallest absolute Gasteiger partial charge is 0.306 e. The van der Waals surface area contributed by atoms with Gasteiger partial charge in [-0.2, -0.15) is 0 Å². The summed E-state index contributed by atoms with van der Waals surface area (Å²) in [6, 6.07) is 0. The minimum absolute atomic E-state index is 0.0878. The van der Waals surface area contributed by atoms with E-state index in [2.05, 4.69) is 81.5 Å². The molecule has 6 nitrogen and oxygen atoms in total. The van der Waals surface area contributed by atoms with Gasteiger partial charge in [0, 0.05) is 19.3 Å². The van der Waals surface area contributed by atoms with Gasteiger partial charge in [0.25, 0.3) is 0 Å². The zero-order valence-corrected chi connectivity index (χ0v) is 43.7.